The van der Waals surface area contributed by atoms with Gasteiger partial charge in [-0.15, -0.1) is 0 Å². The van der Waals surface area contributed by atoms with E-state index in [0.29, 0.717) is 23.9 Å². The van der Waals surface area contributed by atoms with Gasteiger partial charge in [0, 0.05) is 0 Å². The minimum atomic E-state index is -0.700. The van der Waals surface area contributed by atoms with Crippen molar-refractivity contribution in [1.82, 2.24) is 5.43 Å². The van der Waals surface area contributed by atoms with Crippen molar-refractivity contribution in [2.24, 2.45) is 5.10 Å². The van der Waals surface area contributed by atoms with Crippen molar-refractivity contribution in [3.8, 4) is 28.4 Å². The number of unbranched alkanes of at least 4 members (excludes halogenated alkanes) is 1. The molecule has 1 N–H and O–H groups in total. The third kappa shape index (κ3) is 7.10. The normalized spacial score (nSPS) is 11.7. The van der Waals surface area contributed by atoms with Crippen molar-refractivity contribution >= 4 is 12.1 Å². The first kappa shape index (κ1) is 23.9. The Kier molecular flexibility index (Phi) is 8.88. The molecule has 0 aliphatic rings. The van der Waals surface area contributed by atoms with E-state index in [-0.39, 0.29) is 5.91 Å². The molecular formula is C27H30N2O4. The number of hydrogen-bond donors (Lipinski definition) is 1. The lowest BCUT2D eigenvalue weighted by atomic mass is 10.1. The van der Waals surface area contributed by atoms with Crippen LogP contribution < -0.4 is 19.6 Å². The van der Waals surface area contributed by atoms with E-state index in [0.717, 1.165) is 29.5 Å². The Labute approximate surface area is 195 Å². The molecule has 0 aliphatic carbocycles. The van der Waals surface area contributed by atoms with E-state index in [1.165, 1.54) is 0 Å². The van der Waals surface area contributed by atoms with Gasteiger partial charge in [0.1, 0.15) is 5.75 Å². The Morgan fingerprint density at radius 2 is 1.73 bits per heavy atom. The number of amides is 1. The minimum Gasteiger partial charge on any atom is -0.493 e. The summed E-state index contributed by atoms with van der Waals surface area (Å²) < 4.78 is 16.9. The highest BCUT2D eigenvalue weighted by molar-refractivity contribution is 5.85. The van der Waals surface area contributed by atoms with E-state index in [1.54, 1.807) is 20.2 Å². The molecular weight excluding hydrogens is 416 g/mol. The summed E-state index contributed by atoms with van der Waals surface area (Å²) in [5.41, 5.74) is 5.50. The van der Waals surface area contributed by atoms with Crippen LogP contribution in [-0.2, 0) is 4.79 Å². The predicted octanol–water partition coefficient (Wildman–Crippen LogP) is 5.46. The van der Waals surface area contributed by atoms with E-state index >= 15 is 0 Å². The summed E-state index contributed by atoms with van der Waals surface area (Å²) in [4.78, 5) is 12.4. The number of carbonyl (C=O) groups is 1. The zero-order chi connectivity index (χ0) is 23.5. The molecule has 0 spiro atoms. The van der Waals surface area contributed by atoms with E-state index in [9.17, 15) is 4.79 Å². The van der Waals surface area contributed by atoms with Crippen LogP contribution in [0.3, 0.4) is 0 Å². The molecule has 0 heterocycles. The molecule has 0 saturated carbocycles. The summed E-state index contributed by atoms with van der Waals surface area (Å²) in [7, 11) is 1.59. The van der Waals surface area contributed by atoms with Crippen molar-refractivity contribution in [3.05, 3.63) is 78.4 Å². The Hall–Kier alpha value is -3.80. The molecule has 6 nitrogen and oxygen atoms in total. The highest BCUT2D eigenvalue weighted by atomic mass is 16.5. The zero-order valence-electron chi connectivity index (χ0n) is 19.3. The Morgan fingerprint density at radius 3 is 2.42 bits per heavy atom. The van der Waals surface area contributed by atoms with Gasteiger partial charge >= 0.3 is 0 Å². The molecule has 6 heteroatoms. The van der Waals surface area contributed by atoms with Crippen molar-refractivity contribution in [2.75, 3.05) is 13.7 Å². The molecule has 33 heavy (non-hydrogen) atoms. The number of carbonyl (C=O) groups excluding carboxylic acids is 1. The quantitative estimate of drug-likeness (QED) is 0.241. The summed E-state index contributed by atoms with van der Waals surface area (Å²) in [5.74, 6) is 1.58. The average Bonchev–Trinajstić information content (AvgIpc) is 2.85. The number of ether oxygens (including phenoxy) is 3. The second-order valence-electron chi connectivity index (χ2n) is 7.50. The molecule has 0 saturated heterocycles. The maximum absolute atomic E-state index is 12.4. The molecule has 3 aromatic carbocycles. The lowest BCUT2D eigenvalue weighted by molar-refractivity contribution is -0.127. The maximum Gasteiger partial charge on any atom is 0.280 e. The van der Waals surface area contributed by atoms with Crippen LogP contribution in [-0.4, -0.2) is 31.9 Å². The molecule has 0 bridgehead atoms. The summed E-state index contributed by atoms with van der Waals surface area (Å²) >= 11 is 0. The van der Waals surface area contributed by atoms with Gasteiger partial charge in [-0.3, -0.25) is 4.79 Å². The second kappa shape index (κ2) is 12.3. The van der Waals surface area contributed by atoms with Crippen LogP contribution in [0.4, 0.5) is 0 Å². The molecule has 172 valence electrons. The van der Waals surface area contributed by atoms with Gasteiger partial charge in [0.25, 0.3) is 5.91 Å². The highest BCUT2D eigenvalue weighted by Gasteiger charge is 2.14. The molecule has 3 rings (SSSR count). The van der Waals surface area contributed by atoms with E-state index < -0.39 is 6.10 Å². The van der Waals surface area contributed by atoms with Crippen LogP contribution in [0, 0.1) is 0 Å². The number of nitrogens with one attached hydrogen (secondary N) is 1. The molecule has 0 radical (unpaired) electrons. The third-order valence-electron chi connectivity index (χ3n) is 4.98. The van der Waals surface area contributed by atoms with E-state index in [4.69, 9.17) is 14.2 Å². The van der Waals surface area contributed by atoms with Crippen LogP contribution in [0.25, 0.3) is 11.1 Å². The maximum atomic E-state index is 12.4. The summed E-state index contributed by atoms with van der Waals surface area (Å²) in [6.07, 6.45) is 2.90. The summed E-state index contributed by atoms with van der Waals surface area (Å²) in [6, 6.07) is 23.2. The second-order valence-corrected chi connectivity index (χ2v) is 7.50. The third-order valence-corrected chi connectivity index (χ3v) is 4.98. The van der Waals surface area contributed by atoms with Crippen molar-refractivity contribution in [1.29, 1.82) is 0 Å². The van der Waals surface area contributed by atoms with E-state index in [1.807, 2.05) is 72.8 Å². The molecule has 0 fully saturated rings. The lowest BCUT2D eigenvalue weighted by Crippen LogP contribution is -2.33. The first-order valence-corrected chi connectivity index (χ1v) is 11.1. The van der Waals surface area contributed by atoms with Crippen molar-refractivity contribution < 1.29 is 19.0 Å². The van der Waals surface area contributed by atoms with Crippen molar-refractivity contribution in [2.45, 2.75) is 32.8 Å². The van der Waals surface area contributed by atoms with Crippen LogP contribution in [0.15, 0.2) is 77.9 Å². The first-order chi connectivity index (χ1) is 16.1. The first-order valence-electron chi connectivity index (χ1n) is 11.1. The fourth-order valence-corrected chi connectivity index (χ4v) is 3.09. The standard InChI is InChI=1S/C27H30N2O4/c1-4-5-17-32-25-16-11-21(18-26(25)31-3)19-28-29-27(30)20(2)33-24-14-12-23(13-15-24)22-9-7-6-8-10-22/h6-16,18-20H,4-5,17H2,1-3H3,(H,29,30)/b28-19+. The molecule has 1 unspecified atom stereocenters. The van der Waals surface area contributed by atoms with Gasteiger partial charge in [-0.1, -0.05) is 55.8 Å². The van der Waals surface area contributed by atoms with Gasteiger partial charge in [-0.2, -0.15) is 5.10 Å². The van der Waals surface area contributed by atoms with Crippen LogP contribution in [0.5, 0.6) is 17.2 Å². The fraction of sp³-hybridized carbons (Fsp3) is 0.259. The average molecular weight is 447 g/mol. The molecule has 0 aromatic heterocycles. The van der Waals surface area contributed by atoms with Gasteiger partial charge in [-0.05, 0) is 60.4 Å². The van der Waals surface area contributed by atoms with Crippen LogP contribution in [0.2, 0.25) is 0 Å². The van der Waals surface area contributed by atoms with Gasteiger partial charge in [-0.25, -0.2) is 5.43 Å². The predicted molar refractivity (Wildman–Crippen MR) is 131 cm³/mol. The van der Waals surface area contributed by atoms with Crippen LogP contribution >= 0.6 is 0 Å². The molecule has 0 aliphatic heterocycles. The lowest BCUT2D eigenvalue weighted by Gasteiger charge is -2.13. The summed E-state index contributed by atoms with van der Waals surface area (Å²) in [6.45, 7) is 4.44. The van der Waals surface area contributed by atoms with Gasteiger partial charge in [0.05, 0.1) is 19.9 Å². The Morgan fingerprint density at radius 1 is 1.00 bits per heavy atom. The van der Waals surface area contributed by atoms with Gasteiger partial charge < -0.3 is 14.2 Å². The number of hydrogen-bond acceptors (Lipinski definition) is 5. The van der Waals surface area contributed by atoms with Gasteiger partial charge in [0.2, 0.25) is 0 Å². The Bertz CT molecular complexity index is 1050. The number of nitrogens with zero attached hydrogens (tertiary/aromatic N) is 1. The number of methoxy groups -OCH3 is 1. The SMILES string of the molecule is CCCCOc1ccc(/C=N/NC(=O)C(C)Oc2ccc(-c3ccccc3)cc2)cc1OC. The van der Waals surface area contributed by atoms with Crippen LogP contribution in [0.1, 0.15) is 32.3 Å². The van der Waals surface area contributed by atoms with E-state index in [2.05, 4.69) is 17.5 Å². The smallest absolute Gasteiger partial charge is 0.280 e. The number of benzene rings is 3. The molecule has 1 atom stereocenters. The zero-order valence-corrected chi connectivity index (χ0v) is 19.3. The van der Waals surface area contributed by atoms with Crippen molar-refractivity contribution in [3.63, 3.8) is 0 Å². The topological polar surface area (TPSA) is 69.2 Å². The molecule has 1 amide bonds. The number of rotatable bonds is 11. The highest BCUT2D eigenvalue weighted by Crippen LogP contribution is 2.28. The Balaban J connectivity index is 1.52. The fourth-order valence-electron chi connectivity index (χ4n) is 3.09. The van der Waals surface area contributed by atoms with Gasteiger partial charge in [0.15, 0.2) is 17.6 Å². The monoisotopic (exact) mass is 446 g/mol. The molecule has 3 aromatic rings. The summed E-state index contributed by atoms with van der Waals surface area (Å²) in [5, 5.41) is 4.04. The largest absolute Gasteiger partial charge is 0.493 e. The minimum absolute atomic E-state index is 0.343. The number of hydrazone groups is 1.